The van der Waals surface area contributed by atoms with Gasteiger partial charge in [-0.1, -0.05) is 48.2 Å². The molecule has 1 aromatic heterocycles. The van der Waals surface area contributed by atoms with Gasteiger partial charge in [-0.3, -0.25) is 14.5 Å². The van der Waals surface area contributed by atoms with Crippen molar-refractivity contribution in [2.75, 3.05) is 4.90 Å². The Labute approximate surface area is 187 Å². The summed E-state index contributed by atoms with van der Waals surface area (Å²) in [6.07, 6.45) is 1.54. The summed E-state index contributed by atoms with van der Waals surface area (Å²) in [5.41, 5.74) is 1.53. The number of carbonyl (C=O) groups excluding carboxylic acids is 2. The van der Waals surface area contributed by atoms with Crippen molar-refractivity contribution in [1.82, 2.24) is 4.98 Å². The molecule has 0 fully saturated rings. The average Bonchev–Trinajstić information content (AvgIpc) is 3.13. The van der Waals surface area contributed by atoms with E-state index in [4.69, 9.17) is 4.42 Å². The van der Waals surface area contributed by atoms with Crippen molar-refractivity contribution in [2.45, 2.75) is 11.8 Å². The number of hydrogen-bond acceptors (Lipinski definition) is 6. The normalized spacial score (nSPS) is 14.0. The van der Waals surface area contributed by atoms with Gasteiger partial charge in [-0.05, 0) is 36.4 Å². The third-order valence-corrected chi connectivity index (χ3v) is 6.18. The van der Waals surface area contributed by atoms with Crippen LogP contribution in [0.2, 0.25) is 0 Å². The maximum absolute atomic E-state index is 12.8. The second-order valence-electron chi connectivity index (χ2n) is 7.15. The summed E-state index contributed by atoms with van der Waals surface area (Å²) in [5, 5.41) is 0.380. The van der Waals surface area contributed by atoms with E-state index in [-0.39, 0.29) is 17.6 Å². The highest BCUT2D eigenvalue weighted by atomic mass is 32.2. The number of rotatable bonds is 3. The minimum absolute atomic E-state index is 0.0997. The van der Waals surface area contributed by atoms with Crippen molar-refractivity contribution in [1.29, 1.82) is 0 Å². The SMILES string of the molecule is CC(=O)N(/C=C1\Sc2ccccc2C1=O)c1ccccc1-c1nc2ccccc2c(=O)o1. The zero-order valence-electron chi connectivity index (χ0n) is 16.9. The first kappa shape index (κ1) is 20.0. The first-order valence-corrected chi connectivity index (χ1v) is 10.7. The third kappa shape index (κ3) is 3.42. The van der Waals surface area contributed by atoms with E-state index in [1.54, 1.807) is 54.6 Å². The van der Waals surface area contributed by atoms with Crippen LogP contribution in [0.4, 0.5) is 5.69 Å². The number of anilines is 1. The van der Waals surface area contributed by atoms with Crippen LogP contribution in [0, 0.1) is 0 Å². The van der Waals surface area contributed by atoms with E-state index in [2.05, 4.69) is 4.98 Å². The first-order valence-electron chi connectivity index (χ1n) is 9.85. The lowest BCUT2D eigenvalue weighted by Gasteiger charge is -2.20. The molecule has 0 saturated carbocycles. The number of allylic oxidation sites excluding steroid dienone is 1. The topological polar surface area (TPSA) is 80.5 Å². The Morgan fingerprint density at radius 1 is 0.938 bits per heavy atom. The van der Waals surface area contributed by atoms with Gasteiger partial charge in [0.25, 0.3) is 0 Å². The van der Waals surface area contributed by atoms with E-state index < -0.39 is 5.63 Å². The van der Waals surface area contributed by atoms with Crippen LogP contribution in [-0.2, 0) is 4.79 Å². The lowest BCUT2D eigenvalue weighted by atomic mass is 10.1. The zero-order valence-corrected chi connectivity index (χ0v) is 17.8. The summed E-state index contributed by atoms with van der Waals surface area (Å²) in [5.74, 6) is -0.329. The molecule has 0 saturated heterocycles. The lowest BCUT2D eigenvalue weighted by molar-refractivity contribution is -0.115. The molecule has 0 bridgehead atoms. The van der Waals surface area contributed by atoms with E-state index in [1.165, 1.54) is 29.8 Å². The smallest absolute Gasteiger partial charge is 0.347 e. The fourth-order valence-electron chi connectivity index (χ4n) is 3.57. The van der Waals surface area contributed by atoms with Gasteiger partial charge in [-0.2, -0.15) is 0 Å². The number of carbonyl (C=O) groups is 2. The summed E-state index contributed by atoms with van der Waals surface area (Å²) in [4.78, 5) is 45.1. The minimum atomic E-state index is -0.509. The molecule has 0 atom stereocenters. The van der Waals surface area contributed by atoms with Crippen LogP contribution >= 0.6 is 11.8 Å². The molecule has 0 N–H and O–H groups in total. The van der Waals surface area contributed by atoms with Gasteiger partial charge in [0.05, 0.1) is 27.1 Å². The summed E-state index contributed by atoms with van der Waals surface area (Å²) in [6.45, 7) is 1.41. The molecule has 6 nitrogen and oxygen atoms in total. The molecule has 1 aliphatic heterocycles. The van der Waals surface area contributed by atoms with E-state index in [0.29, 0.717) is 32.6 Å². The van der Waals surface area contributed by atoms with Crippen LogP contribution in [0.25, 0.3) is 22.4 Å². The highest BCUT2D eigenvalue weighted by Gasteiger charge is 2.27. The average molecular weight is 440 g/mol. The van der Waals surface area contributed by atoms with E-state index in [0.717, 1.165) is 4.90 Å². The molecule has 7 heteroatoms. The lowest BCUT2D eigenvalue weighted by Crippen LogP contribution is -2.24. The molecule has 32 heavy (non-hydrogen) atoms. The molecule has 0 radical (unpaired) electrons. The Bertz CT molecular complexity index is 1490. The quantitative estimate of drug-likeness (QED) is 0.415. The van der Waals surface area contributed by atoms with Crippen molar-refractivity contribution >= 4 is 40.0 Å². The Morgan fingerprint density at radius 2 is 1.62 bits per heavy atom. The molecule has 0 aliphatic carbocycles. The number of fused-ring (bicyclic) bond motifs is 2. The zero-order chi connectivity index (χ0) is 22.2. The van der Waals surface area contributed by atoms with Gasteiger partial charge < -0.3 is 4.42 Å². The van der Waals surface area contributed by atoms with Crippen molar-refractivity contribution < 1.29 is 14.0 Å². The van der Waals surface area contributed by atoms with Crippen LogP contribution in [-0.4, -0.2) is 16.7 Å². The molecule has 0 spiro atoms. The molecule has 0 unspecified atom stereocenters. The number of para-hydroxylation sites is 2. The van der Waals surface area contributed by atoms with Crippen LogP contribution in [0.5, 0.6) is 0 Å². The number of Topliss-reactive ketones (excluding diaryl/α,β-unsaturated/α-hetero) is 1. The van der Waals surface area contributed by atoms with Gasteiger partial charge in [0.2, 0.25) is 17.6 Å². The van der Waals surface area contributed by atoms with Crippen molar-refractivity contribution in [3.8, 4) is 11.5 Å². The Balaban J connectivity index is 1.63. The highest BCUT2D eigenvalue weighted by molar-refractivity contribution is 8.04. The fourth-order valence-corrected chi connectivity index (χ4v) is 4.59. The Morgan fingerprint density at radius 3 is 2.41 bits per heavy atom. The summed E-state index contributed by atoms with van der Waals surface area (Å²) in [6, 6.07) is 21.2. The molecular formula is C25H16N2O4S. The number of thioether (sulfide) groups is 1. The maximum Gasteiger partial charge on any atom is 0.347 e. The van der Waals surface area contributed by atoms with Crippen LogP contribution < -0.4 is 10.5 Å². The van der Waals surface area contributed by atoms with Gasteiger partial charge in [-0.15, -0.1) is 0 Å². The fraction of sp³-hybridized carbons (Fsp3) is 0.0400. The largest absolute Gasteiger partial charge is 0.403 e. The molecule has 2 heterocycles. The van der Waals surface area contributed by atoms with Gasteiger partial charge in [0.1, 0.15) is 0 Å². The molecule has 5 rings (SSSR count). The predicted octanol–water partition coefficient (Wildman–Crippen LogP) is 5.04. The molecular weight excluding hydrogens is 424 g/mol. The van der Waals surface area contributed by atoms with E-state index >= 15 is 0 Å². The summed E-state index contributed by atoms with van der Waals surface area (Å²) in [7, 11) is 0. The number of hydrogen-bond donors (Lipinski definition) is 0. The van der Waals surface area contributed by atoms with E-state index in [1.807, 2.05) is 18.2 Å². The van der Waals surface area contributed by atoms with Crippen molar-refractivity contribution in [3.05, 3.63) is 99.9 Å². The number of nitrogens with zero attached hydrogens (tertiary/aromatic N) is 2. The van der Waals surface area contributed by atoms with Gasteiger partial charge in [-0.25, -0.2) is 9.78 Å². The number of benzene rings is 3. The second kappa shape index (κ2) is 7.94. The molecule has 3 aromatic carbocycles. The van der Waals surface area contributed by atoms with Crippen molar-refractivity contribution in [3.63, 3.8) is 0 Å². The highest BCUT2D eigenvalue weighted by Crippen LogP contribution is 2.41. The molecule has 156 valence electrons. The van der Waals surface area contributed by atoms with Gasteiger partial charge in [0.15, 0.2) is 0 Å². The van der Waals surface area contributed by atoms with Crippen LogP contribution in [0.15, 0.2) is 98.0 Å². The number of aromatic nitrogens is 1. The van der Waals surface area contributed by atoms with Crippen molar-refractivity contribution in [2.24, 2.45) is 0 Å². The molecule has 1 aliphatic rings. The van der Waals surface area contributed by atoms with Crippen LogP contribution in [0.3, 0.4) is 0 Å². The third-order valence-electron chi connectivity index (χ3n) is 5.09. The second-order valence-corrected chi connectivity index (χ2v) is 8.23. The number of amides is 1. The van der Waals surface area contributed by atoms with E-state index in [9.17, 15) is 14.4 Å². The van der Waals surface area contributed by atoms with Crippen LogP contribution in [0.1, 0.15) is 17.3 Å². The van der Waals surface area contributed by atoms with Gasteiger partial charge in [0, 0.05) is 23.6 Å². The Hall–Kier alpha value is -3.97. The standard InChI is InChI=1S/C25H16N2O4S/c1-15(28)27(14-22-23(29)18-10-4-7-13-21(18)32-22)20-12-6-3-9-17(20)24-26-19-11-5-2-8-16(19)25(30)31-24/h2-14H,1H3/b22-14-. The first-order chi connectivity index (χ1) is 15.5. The Kier molecular flexibility index (Phi) is 4.95. The monoisotopic (exact) mass is 440 g/mol. The summed E-state index contributed by atoms with van der Waals surface area (Å²) < 4.78 is 5.49. The molecule has 1 amide bonds. The molecule has 4 aromatic rings. The minimum Gasteiger partial charge on any atom is -0.403 e. The summed E-state index contributed by atoms with van der Waals surface area (Å²) >= 11 is 1.32. The van der Waals surface area contributed by atoms with Gasteiger partial charge >= 0.3 is 5.63 Å². The predicted molar refractivity (Wildman–Crippen MR) is 124 cm³/mol. The number of ketones is 1. The maximum atomic E-state index is 12.8.